The van der Waals surface area contributed by atoms with E-state index in [2.05, 4.69) is 15.0 Å². The quantitative estimate of drug-likeness (QED) is 0.867. The minimum absolute atomic E-state index is 0.0178. The highest BCUT2D eigenvalue weighted by atomic mass is 32.2. The fourth-order valence-electron chi connectivity index (χ4n) is 1.79. The number of hydrogen-bond acceptors (Lipinski definition) is 5. The summed E-state index contributed by atoms with van der Waals surface area (Å²) in [5.74, 6) is -1.56. The molecule has 3 rings (SSSR count). The highest BCUT2D eigenvalue weighted by Gasteiger charge is 2.30. The molecule has 0 bridgehead atoms. The number of nitrogens with one attached hydrogen (secondary N) is 2. The number of carbonyl (C=O) groups is 1. The Balaban J connectivity index is 1.87. The lowest BCUT2D eigenvalue weighted by atomic mass is 10.2. The first-order valence-electron chi connectivity index (χ1n) is 6.48. The van der Waals surface area contributed by atoms with Gasteiger partial charge in [-0.1, -0.05) is 0 Å². The number of oxazole rings is 1. The summed E-state index contributed by atoms with van der Waals surface area (Å²) >= 11 is 0. The predicted molar refractivity (Wildman–Crippen MR) is 74.2 cm³/mol. The molecule has 1 saturated carbocycles. The van der Waals surface area contributed by atoms with E-state index < -0.39 is 26.6 Å². The fraction of sp³-hybridized carbons (Fsp3) is 0.231. The lowest BCUT2D eigenvalue weighted by molar-refractivity contribution is 0.102. The molecule has 1 aromatic heterocycles. The second kappa shape index (κ2) is 5.50. The first-order valence-corrected chi connectivity index (χ1v) is 7.97. The zero-order valence-corrected chi connectivity index (χ0v) is 12.1. The van der Waals surface area contributed by atoms with Gasteiger partial charge in [-0.3, -0.25) is 10.1 Å². The van der Waals surface area contributed by atoms with Crippen LogP contribution in [-0.2, 0) is 10.0 Å². The number of anilines is 1. The van der Waals surface area contributed by atoms with Crippen molar-refractivity contribution in [1.29, 1.82) is 0 Å². The largest absolute Gasteiger partial charge is 0.432 e. The standard InChI is InChI=1S/C13H12FN3O4S/c14-10-4-1-8(12(18)16-13-15-5-6-21-13)7-11(10)22(19,20)17-9-2-3-9/h1,4-7,9,17H,2-3H2,(H,15,16,18). The Labute approximate surface area is 125 Å². The van der Waals surface area contributed by atoms with Crippen molar-refractivity contribution in [3.8, 4) is 0 Å². The van der Waals surface area contributed by atoms with E-state index in [0.29, 0.717) is 0 Å². The van der Waals surface area contributed by atoms with Gasteiger partial charge < -0.3 is 4.42 Å². The SMILES string of the molecule is O=C(Nc1ncco1)c1ccc(F)c(S(=O)(=O)NC2CC2)c1. The third-order valence-electron chi connectivity index (χ3n) is 3.03. The molecule has 0 radical (unpaired) electrons. The summed E-state index contributed by atoms with van der Waals surface area (Å²) in [5, 5.41) is 2.34. The van der Waals surface area contributed by atoms with Crippen molar-refractivity contribution in [2.45, 2.75) is 23.8 Å². The Morgan fingerprint density at radius 1 is 1.36 bits per heavy atom. The molecule has 116 valence electrons. The van der Waals surface area contributed by atoms with Crippen LogP contribution in [0.5, 0.6) is 0 Å². The molecular formula is C13H12FN3O4S. The number of nitrogens with zero attached hydrogens (tertiary/aromatic N) is 1. The Kier molecular flexibility index (Phi) is 3.67. The van der Waals surface area contributed by atoms with Gasteiger partial charge in [-0.25, -0.2) is 22.5 Å². The van der Waals surface area contributed by atoms with Crippen LogP contribution in [0.25, 0.3) is 0 Å². The molecule has 2 N–H and O–H groups in total. The number of aromatic nitrogens is 1. The van der Waals surface area contributed by atoms with E-state index in [0.717, 1.165) is 25.0 Å². The molecule has 0 atom stereocenters. The smallest absolute Gasteiger partial charge is 0.301 e. The second-order valence-electron chi connectivity index (χ2n) is 4.83. The molecular weight excluding hydrogens is 313 g/mol. The molecule has 0 saturated heterocycles. The van der Waals surface area contributed by atoms with E-state index in [9.17, 15) is 17.6 Å². The van der Waals surface area contributed by atoms with Crippen molar-refractivity contribution in [3.63, 3.8) is 0 Å². The van der Waals surface area contributed by atoms with Gasteiger partial charge in [-0.05, 0) is 31.0 Å². The highest BCUT2D eigenvalue weighted by Crippen LogP contribution is 2.24. The first-order chi connectivity index (χ1) is 10.5. The summed E-state index contributed by atoms with van der Waals surface area (Å²) in [5.41, 5.74) is -0.0178. The van der Waals surface area contributed by atoms with Crippen molar-refractivity contribution in [1.82, 2.24) is 9.71 Å². The Hall–Kier alpha value is -2.26. The molecule has 22 heavy (non-hydrogen) atoms. The molecule has 9 heteroatoms. The van der Waals surface area contributed by atoms with Crippen molar-refractivity contribution < 1.29 is 22.0 Å². The van der Waals surface area contributed by atoms with E-state index in [4.69, 9.17) is 4.42 Å². The maximum atomic E-state index is 13.8. The van der Waals surface area contributed by atoms with E-state index in [1.807, 2.05) is 0 Å². The van der Waals surface area contributed by atoms with Crippen LogP contribution in [0, 0.1) is 5.82 Å². The molecule has 0 unspecified atom stereocenters. The summed E-state index contributed by atoms with van der Waals surface area (Å²) < 4.78 is 45.2. The molecule has 2 aromatic rings. The maximum absolute atomic E-state index is 13.8. The topological polar surface area (TPSA) is 101 Å². The zero-order valence-electron chi connectivity index (χ0n) is 11.2. The van der Waals surface area contributed by atoms with Gasteiger partial charge >= 0.3 is 6.01 Å². The minimum atomic E-state index is -3.99. The van der Waals surface area contributed by atoms with Crippen LogP contribution in [0.3, 0.4) is 0 Å². The van der Waals surface area contributed by atoms with Crippen molar-refractivity contribution in [3.05, 3.63) is 42.0 Å². The number of amides is 1. The molecule has 1 aliphatic rings. The van der Waals surface area contributed by atoms with Gasteiger partial charge in [0, 0.05) is 11.6 Å². The van der Waals surface area contributed by atoms with Crippen LogP contribution in [0.1, 0.15) is 23.2 Å². The Morgan fingerprint density at radius 3 is 2.77 bits per heavy atom. The monoisotopic (exact) mass is 325 g/mol. The van der Waals surface area contributed by atoms with Crippen LogP contribution >= 0.6 is 0 Å². The number of benzene rings is 1. The van der Waals surface area contributed by atoms with Crippen LogP contribution < -0.4 is 10.0 Å². The Bertz CT molecular complexity index is 801. The van der Waals surface area contributed by atoms with Crippen LogP contribution in [0.15, 0.2) is 40.0 Å². The van der Waals surface area contributed by atoms with Crippen molar-refractivity contribution in [2.75, 3.05) is 5.32 Å². The van der Waals surface area contributed by atoms with Gasteiger partial charge in [0.2, 0.25) is 10.0 Å². The van der Waals surface area contributed by atoms with Gasteiger partial charge in [-0.2, -0.15) is 0 Å². The summed E-state index contributed by atoms with van der Waals surface area (Å²) in [6, 6.07) is 2.91. The molecule has 0 aliphatic heterocycles. The molecule has 1 heterocycles. The lowest BCUT2D eigenvalue weighted by Crippen LogP contribution is -2.27. The number of carbonyl (C=O) groups excluding carboxylic acids is 1. The second-order valence-corrected chi connectivity index (χ2v) is 6.51. The van der Waals surface area contributed by atoms with E-state index in [1.165, 1.54) is 18.5 Å². The van der Waals surface area contributed by atoms with Crippen LogP contribution in [0.4, 0.5) is 10.4 Å². The normalized spacial score (nSPS) is 14.8. The number of rotatable bonds is 5. The van der Waals surface area contributed by atoms with Gasteiger partial charge in [0.1, 0.15) is 17.0 Å². The van der Waals surface area contributed by atoms with Crippen molar-refractivity contribution in [2.24, 2.45) is 0 Å². The highest BCUT2D eigenvalue weighted by molar-refractivity contribution is 7.89. The van der Waals surface area contributed by atoms with Gasteiger partial charge in [0.05, 0.1) is 6.20 Å². The third kappa shape index (κ3) is 3.15. The predicted octanol–water partition coefficient (Wildman–Crippen LogP) is 1.51. The number of sulfonamides is 1. The van der Waals surface area contributed by atoms with Crippen molar-refractivity contribution >= 4 is 21.9 Å². The lowest BCUT2D eigenvalue weighted by Gasteiger charge is -2.08. The van der Waals surface area contributed by atoms with Crippen LogP contribution in [0.2, 0.25) is 0 Å². The van der Waals surface area contributed by atoms with Gasteiger partial charge in [0.25, 0.3) is 5.91 Å². The average molecular weight is 325 g/mol. The van der Waals surface area contributed by atoms with Crippen LogP contribution in [-0.4, -0.2) is 25.4 Å². The van der Waals surface area contributed by atoms with E-state index >= 15 is 0 Å². The molecule has 1 aliphatic carbocycles. The number of halogens is 1. The molecule has 1 amide bonds. The third-order valence-corrected chi connectivity index (χ3v) is 4.57. The molecule has 0 spiro atoms. The van der Waals surface area contributed by atoms with Gasteiger partial charge in [0.15, 0.2) is 0 Å². The molecule has 7 nitrogen and oxygen atoms in total. The summed E-state index contributed by atoms with van der Waals surface area (Å²) in [4.78, 5) is 15.1. The number of hydrogen-bond donors (Lipinski definition) is 2. The Morgan fingerprint density at radius 2 is 2.14 bits per heavy atom. The van der Waals surface area contributed by atoms with E-state index in [-0.39, 0.29) is 17.6 Å². The average Bonchev–Trinajstić information content (AvgIpc) is 3.11. The summed E-state index contributed by atoms with van der Waals surface area (Å²) in [7, 11) is -3.99. The zero-order chi connectivity index (χ0) is 15.7. The minimum Gasteiger partial charge on any atom is -0.432 e. The summed E-state index contributed by atoms with van der Waals surface area (Å²) in [6.45, 7) is 0. The van der Waals surface area contributed by atoms with E-state index in [1.54, 1.807) is 0 Å². The van der Waals surface area contributed by atoms with Gasteiger partial charge in [-0.15, -0.1) is 0 Å². The molecule has 1 fully saturated rings. The molecule has 1 aromatic carbocycles. The maximum Gasteiger partial charge on any atom is 0.301 e. The first kappa shape index (κ1) is 14.7. The fourth-order valence-corrected chi connectivity index (χ4v) is 3.20. The summed E-state index contributed by atoms with van der Waals surface area (Å²) in [6.07, 6.45) is 4.07.